The van der Waals surface area contributed by atoms with E-state index in [0.29, 0.717) is 17.5 Å². The first-order valence-electron chi connectivity index (χ1n) is 11.5. The van der Waals surface area contributed by atoms with Crippen molar-refractivity contribution in [3.05, 3.63) is 47.6 Å². The fraction of sp³-hybridized carbons (Fsp3) is 0.593. The number of allylic oxidation sites excluding steroid dienone is 2. The lowest BCUT2D eigenvalue weighted by atomic mass is 9.71. The molecule has 0 heterocycles. The lowest BCUT2D eigenvalue weighted by Gasteiger charge is -2.35. The molecule has 2 saturated carbocycles. The number of hydrogen-bond acceptors (Lipinski definition) is 2. The minimum atomic E-state index is 0.0994. The van der Waals surface area contributed by atoms with Gasteiger partial charge < -0.3 is 5.11 Å². The van der Waals surface area contributed by atoms with Crippen LogP contribution in [0.3, 0.4) is 0 Å². The number of aryl methyl sites for hydroxylation is 1. The van der Waals surface area contributed by atoms with Crippen molar-refractivity contribution < 1.29 is 9.90 Å². The van der Waals surface area contributed by atoms with Crippen LogP contribution in [0.25, 0.3) is 5.57 Å². The van der Waals surface area contributed by atoms with E-state index >= 15 is 0 Å². The van der Waals surface area contributed by atoms with Gasteiger partial charge in [0, 0.05) is 12.0 Å². The van der Waals surface area contributed by atoms with Gasteiger partial charge in [0.1, 0.15) is 5.75 Å². The van der Waals surface area contributed by atoms with Crippen LogP contribution in [-0.4, -0.2) is 10.9 Å². The van der Waals surface area contributed by atoms with E-state index < -0.39 is 0 Å². The van der Waals surface area contributed by atoms with Crippen LogP contribution >= 0.6 is 0 Å². The molecular formula is C27H40O2. The summed E-state index contributed by atoms with van der Waals surface area (Å²) in [7, 11) is 0. The lowest BCUT2D eigenvalue weighted by Crippen LogP contribution is -2.22. The van der Waals surface area contributed by atoms with Gasteiger partial charge in [-0.05, 0) is 68.7 Å². The summed E-state index contributed by atoms with van der Waals surface area (Å²) >= 11 is 0. The molecule has 3 rings (SSSR count). The average molecular weight is 397 g/mol. The highest BCUT2D eigenvalue weighted by atomic mass is 16.3. The lowest BCUT2D eigenvalue weighted by molar-refractivity contribution is 0.0980. The maximum Gasteiger partial charge on any atom is 0.163 e. The van der Waals surface area contributed by atoms with Crippen LogP contribution in [-0.2, 0) is 0 Å². The zero-order valence-electron chi connectivity index (χ0n) is 18.9. The van der Waals surface area contributed by atoms with E-state index in [9.17, 15) is 9.90 Å². The van der Waals surface area contributed by atoms with Crippen LogP contribution < -0.4 is 0 Å². The second kappa shape index (κ2) is 11.4. The Morgan fingerprint density at radius 2 is 1.45 bits per heavy atom. The molecule has 0 aromatic heterocycles. The molecule has 0 bridgehead atoms. The number of fused-ring (bicyclic) bond motifs is 1. The van der Waals surface area contributed by atoms with E-state index in [2.05, 4.69) is 13.2 Å². The van der Waals surface area contributed by atoms with Crippen molar-refractivity contribution in [3.63, 3.8) is 0 Å². The average Bonchev–Trinajstić information content (AvgIpc) is 2.69. The largest absolute Gasteiger partial charge is 0.508 e. The minimum absolute atomic E-state index is 0.0994. The first-order valence-corrected chi connectivity index (χ1v) is 11.5. The highest BCUT2D eigenvalue weighted by molar-refractivity contribution is 6.01. The summed E-state index contributed by atoms with van der Waals surface area (Å²) in [5, 5.41) is 9.74. The smallest absolute Gasteiger partial charge is 0.163 e. The number of phenols is 1. The van der Waals surface area contributed by atoms with E-state index in [1.165, 1.54) is 25.7 Å². The fourth-order valence-corrected chi connectivity index (χ4v) is 4.82. The van der Waals surface area contributed by atoms with Gasteiger partial charge in [-0.1, -0.05) is 69.1 Å². The second-order valence-corrected chi connectivity index (χ2v) is 9.29. The summed E-state index contributed by atoms with van der Waals surface area (Å²) in [4.78, 5) is 12.3. The summed E-state index contributed by atoms with van der Waals surface area (Å²) in [6.45, 7) is 13.3. The molecule has 2 heteroatoms. The van der Waals surface area contributed by atoms with Crippen LogP contribution in [0.15, 0.2) is 30.9 Å². The Kier molecular flexibility index (Phi) is 9.20. The predicted molar refractivity (Wildman–Crippen MR) is 124 cm³/mol. The van der Waals surface area contributed by atoms with E-state index in [4.69, 9.17) is 0 Å². The number of benzene rings is 1. The normalized spacial score (nSPS) is 20.8. The molecule has 0 radical (unpaired) electrons. The second-order valence-electron chi connectivity index (χ2n) is 9.29. The molecule has 0 saturated heterocycles. The number of Topliss-reactive ketones (excluding diaryl/α,β-unsaturated/α-hetero) is 1. The number of rotatable bonds is 6. The SMILES string of the molecule is C1CCC2CCCCC2C1.C=C(C)CCCC(=O)c1cc(C)c(O)cc1C(=C)C. The maximum atomic E-state index is 12.3. The molecule has 2 aliphatic rings. The summed E-state index contributed by atoms with van der Waals surface area (Å²) in [6.07, 6.45) is 14.5. The maximum absolute atomic E-state index is 12.3. The van der Waals surface area contributed by atoms with Gasteiger partial charge in [-0.15, -0.1) is 6.58 Å². The Hall–Kier alpha value is -1.83. The summed E-state index contributed by atoms with van der Waals surface area (Å²) in [5.41, 5.74) is 3.99. The number of phenolic OH excluding ortho intramolecular Hbond substituents is 1. The van der Waals surface area contributed by atoms with Crippen molar-refractivity contribution in [2.75, 3.05) is 0 Å². The Bertz CT molecular complexity index is 702. The number of hydrogen-bond donors (Lipinski definition) is 1. The van der Waals surface area contributed by atoms with Crippen LogP contribution in [0.5, 0.6) is 5.75 Å². The molecule has 1 N–H and O–H groups in total. The Morgan fingerprint density at radius 3 is 1.90 bits per heavy atom. The van der Waals surface area contributed by atoms with Gasteiger partial charge in [-0.25, -0.2) is 0 Å². The van der Waals surface area contributed by atoms with Crippen molar-refractivity contribution in [2.45, 2.75) is 91.4 Å². The molecule has 0 atom stereocenters. The number of aromatic hydroxyl groups is 1. The van der Waals surface area contributed by atoms with Gasteiger partial charge in [0.25, 0.3) is 0 Å². The highest BCUT2D eigenvalue weighted by Gasteiger charge is 2.26. The number of carbonyl (C=O) groups excluding carboxylic acids is 1. The minimum Gasteiger partial charge on any atom is -0.508 e. The molecule has 2 fully saturated rings. The third kappa shape index (κ3) is 7.17. The topological polar surface area (TPSA) is 37.3 Å². The Labute approximate surface area is 178 Å². The van der Waals surface area contributed by atoms with Gasteiger partial charge in [-0.3, -0.25) is 4.79 Å². The van der Waals surface area contributed by atoms with Crippen molar-refractivity contribution in [1.82, 2.24) is 0 Å². The number of ketones is 1. The molecule has 0 amide bonds. The summed E-state index contributed by atoms with van der Waals surface area (Å²) < 4.78 is 0. The molecule has 2 aliphatic carbocycles. The Morgan fingerprint density at radius 1 is 0.931 bits per heavy atom. The number of carbonyl (C=O) groups is 1. The fourth-order valence-electron chi connectivity index (χ4n) is 4.82. The molecule has 29 heavy (non-hydrogen) atoms. The van der Waals surface area contributed by atoms with Crippen LogP contribution in [0, 0.1) is 18.8 Å². The van der Waals surface area contributed by atoms with Crippen molar-refractivity contribution in [1.29, 1.82) is 0 Å². The van der Waals surface area contributed by atoms with E-state index in [1.807, 2.05) is 13.8 Å². The van der Waals surface area contributed by atoms with E-state index in [1.54, 1.807) is 44.7 Å². The van der Waals surface area contributed by atoms with Gasteiger partial charge in [0.15, 0.2) is 5.78 Å². The van der Waals surface area contributed by atoms with Crippen molar-refractivity contribution >= 4 is 11.4 Å². The van der Waals surface area contributed by atoms with Gasteiger partial charge in [-0.2, -0.15) is 0 Å². The first-order chi connectivity index (χ1) is 13.8. The molecule has 2 nitrogen and oxygen atoms in total. The highest BCUT2D eigenvalue weighted by Crippen LogP contribution is 2.40. The molecule has 160 valence electrons. The molecule has 1 aromatic rings. The monoisotopic (exact) mass is 396 g/mol. The molecule has 1 aromatic carbocycles. The zero-order valence-corrected chi connectivity index (χ0v) is 18.9. The third-order valence-corrected chi connectivity index (χ3v) is 6.57. The van der Waals surface area contributed by atoms with Crippen molar-refractivity contribution in [3.8, 4) is 5.75 Å². The standard InChI is InChI=1S/C17H22O2.C10H18/c1-11(2)7-6-8-16(18)15-9-13(5)17(19)10-14(15)12(3)4;1-2-6-10-8-4-3-7-9(10)5-1/h9-10,19H,1,3,6-8H2,2,4-5H3;9-10H,1-8H2. The van der Waals surface area contributed by atoms with Gasteiger partial charge in [0.2, 0.25) is 0 Å². The quantitative estimate of drug-likeness (QED) is 0.390. The van der Waals surface area contributed by atoms with E-state index in [-0.39, 0.29) is 11.5 Å². The van der Waals surface area contributed by atoms with Crippen LogP contribution in [0.2, 0.25) is 0 Å². The predicted octanol–water partition coefficient (Wildman–Crippen LogP) is 8.03. The molecule has 0 aliphatic heterocycles. The van der Waals surface area contributed by atoms with Crippen molar-refractivity contribution in [2.24, 2.45) is 11.8 Å². The third-order valence-electron chi connectivity index (χ3n) is 6.57. The Balaban J connectivity index is 0.000000248. The first kappa shape index (κ1) is 23.4. The van der Waals surface area contributed by atoms with Crippen LogP contribution in [0.4, 0.5) is 0 Å². The van der Waals surface area contributed by atoms with Crippen LogP contribution in [0.1, 0.15) is 106 Å². The molecule has 0 spiro atoms. The van der Waals surface area contributed by atoms with Gasteiger partial charge >= 0.3 is 0 Å². The molecular weight excluding hydrogens is 356 g/mol. The molecule has 0 unspecified atom stereocenters. The summed E-state index contributed by atoms with van der Waals surface area (Å²) in [6, 6.07) is 3.38. The zero-order chi connectivity index (χ0) is 21.4. The van der Waals surface area contributed by atoms with E-state index in [0.717, 1.165) is 41.4 Å². The van der Waals surface area contributed by atoms with Gasteiger partial charge in [0.05, 0.1) is 0 Å². The summed E-state index contributed by atoms with van der Waals surface area (Å²) in [5.74, 6) is 2.61.